The van der Waals surface area contributed by atoms with E-state index in [4.69, 9.17) is 0 Å². The summed E-state index contributed by atoms with van der Waals surface area (Å²) in [6.07, 6.45) is 5.27. The number of benzene rings is 1. The van der Waals surface area contributed by atoms with Crippen LogP contribution in [0.5, 0.6) is 0 Å². The summed E-state index contributed by atoms with van der Waals surface area (Å²) in [5, 5.41) is 3.64. The van der Waals surface area contributed by atoms with Crippen molar-refractivity contribution < 1.29 is 0 Å². The molecule has 4 unspecified atom stereocenters. The second kappa shape index (κ2) is 6.50. The second-order valence-corrected chi connectivity index (χ2v) is 7.32. The lowest BCUT2D eigenvalue weighted by molar-refractivity contribution is 0.0720. The molecule has 0 aromatic heterocycles. The molecule has 1 saturated heterocycles. The summed E-state index contributed by atoms with van der Waals surface area (Å²) in [6.45, 7) is 7.38. The smallest absolute Gasteiger partial charge is 0.0478 e. The standard InChI is InChI=1S/C19H30N2/c1-14-11-15(2)13-21(12-14)18-10-6-8-16-7-4-5-9-17(16)19(18)20-3/h4-5,7,9,14-15,18-20H,6,8,10-13H2,1-3H3. The van der Waals surface area contributed by atoms with Gasteiger partial charge in [-0.05, 0) is 55.7 Å². The zero-order valence-electron chi connectivity index (χ0n) is 13.8. The molecule has 116 valence electrons. The first-order valence-electron chi connectivity index (χ1n) is 8.68. The number of nitrogens with zero attached hydrogens (tertiary/aromatic N) is 1. The van der Waals surface area contributed by atoms with Gasteiger partial charge in [0.1, 0.15) is 0 Å². The van der Waals surface area contributed by atoms with Gasteiger partial charge in [0.15, 0.2) is 0 Å². The molecule has 1 aromatic rings. The normalized spacial score (nSPS) is 34.2. The molecule has 2 heteroatoms. The Kier molecular flexibility index (Phi) is 4.66. The number of hydrogen-bond donors (Lipinski definition) is 1. The first kappa shape index (κ1) is 15.1. The highest BCUT2D eigenvalue weighted by Crippen LogP contribution is 2.34. The Hall–Kier alpha value is -0.860. The Labute approximate surface area is 129 Å². The van der Waals surface area contributed by atoms with E-state index in [1.165, 1.54) is 44.3 Å². The number of likely N-dealkylation sites (N-methyl/N-ethyl adjacent to an activating group) is 1. The number of rotatable bonds is 2. The van der Waals surface area contributed by atoms with Gasteiger partial charge in [-0.3, -0.25) is 4.90 Å². The minimum absolute atomic E-state index is 0.487. The van der Waals surface area contributed by atoms with Crippen molar-refractivity contribution in [3.8, 4) is 0 Å². The van der Waals surface area contributed by atoms with Crippen LogP contribution in [0.25, 0.3) is 0 Å². The Bertz CT molecular complexity index is 460. The fourth-order valence-corrected chi connectivity index (χ4v) is 4.66. The van der Waals surface area contributed by atoms with Gasteiger partial charge in [-0.15, -0.1) is 0 Å². The number of aryl methyl sites for hydroxylation is 1. The van der Waals surface area contributed by atoms with E-state index in [9.17, 15) is 0 Å². The number of hydrogen-bond acceptors (Lipinski definition) is 2. The van der Waals surface area contributed by atoms with Crippen molar-refractivity contribution >= 4 is 0 Å². The van der Waals surface area contributed by atoms with Gasteiger partial charge in [0.25, 0.3) is 0 Å². The van der Waals surface area contributed by atoms with E-state index in [-0.39, 0.29) is 0 Å². The highest BCUT2D eigenvalue weighted by atomic mass is 15.2. The molecule has 0 amide bonds. The largest absolute Gasteiger partial charge is 0.312 e. The fraction of sp³-hybridized carbons (Fsp3) is 0.684. The molecule has 2 aliphatic rings. The van der Waals surface area contributed by atoms with Crippen molar-refractivity contribution in [2.75, 3.05) is 20.1 Å². The van der Waals surface area contributed by atoms with Crippen LogP contribution in [0.1, 0.15) is 50.3 Å². The molecule has 0 saturated carbocycles. The van der Waals surface area contributed by atoms with Gasteiger partial charge in [-0.1, -0.05) is 38.1 Å². The number of piperidine rings is 1. The van der Waals surface area contributed by atoms with Gasteiger partial charge in [0.05, 0.1) is 0 Å². The van der Waals surface area contributed by atoms with E-state index < -0.39 is 0 Å². The van der Waals surface area contributed by atoms with Gasteiger partial charge < -0.3 is 5.32 Å². The fourth-order valence-electron chi connectivity index (χ4n) is 4.66. The predicted molar refractivity (Wildman–Crippen MR) is 89.5 cm³/mol. The topological polar surface area (TPSA) is 15.3 Å². The minimum atomic E-state index is 0.487. The molecule has 1 aliphatic carbocycles. The van der Waals surface area contributed by atoms with Crippen molar-refractivity contribution in [2.45, 2.75) is 51.6 Å². The van der Waals surface area contributed by atoms with Gasteiger partial charge in [-0.2, -0.15) is 0 Å². The number of fused-ring (bicyclic) bond motifs is 1. The zero-order valence-corrected chi connectivity index (χ0v) is 13.8. The minimum Gasteiger partial charge on any atom is -0.312 e. The first-order valence-corrected chi connectivity index (χ1v) is 8.68. The second-order valence-electron chi connectivity index (χ2n) is 7.32. The van der Waals surface area contributed by atoms with Crippen LogP contribution >= 0.6 is 0 Å². The molecule has 1 heterocycles. The maximum absolute atomic E-state index is 3.64. The number of likely N-dealkylation sites (tertiary alicyclic amines) is 1. The molecule has 1 N–H and O–H groups in total. The molecule has 0 bridgehead atoms. The summed E-state index contributed by atoms with van der Waals surface area (Å²) in [5.74, 6) is 1.68. The lowest BCUT2D eigenvalue weighted by atomic mass is 9.88. The monoisotopic (exact) mass is 286 g/mol. The van der Waals surface area contributed by atoms with Crippen LogP contribution in [-0.4, -0.2) is 31.1 Å². The SMILES string of the molecule is CNC1c2ccccc2CCCC1N1CC(C)CC(C)C1. The van der Waals surface area contributed by atoms with Gasteiger partial charge in [0.2, 0.25) is 0 Å². The third kappa shape index (κ3) is 3.17. The molecule has 1 aromatic carbocycles. The van der Waals surface area contributed by atoms with E-state index in [1.54, 1.807) is 5.56 Å². The average molecular weight is 286 g/mol. The van der Waals surface area contributed by atoms with Crippen LogP contribution < -0.4 is 5.32 Å². The molecule has 4 atom stereocenters. The third-order valence-corrected chi connectivity index (χ3v) is 5.40. The molecule has 0 spiro atoms. The quantitative estimate of drug-likeness (QED) is 0.835. The lowest BCUT2D eigenvalue weighted by Gasteiger charge is -2.43. The van der Waals surface area contributed by atoms with Crippen LogP contribution in [0, 0.1) is 11.8 Å². The average Bonchev–Trinajstić information content (AvgIpc) is 2.65. The summed E-state index contributed by atoms with van der Waals surface area (Å²) < 4.78 is 0. The highest BCUT2D eigenvalue weighted by Gasteiger charge is 2.34. The van der Waals surface area contributed by atoms with Gasteiger partial charge >= 0.3 is 0 Å². The van der Waals surface area contributed by atoms with Crippen molar-refractivity contribution in [3.63, 3.8) is 0 Å². The molecule has 0 radical (unpaired) electrons. The van der Waals surface area contributed by atoms with Crippen molar-refractivity contribution in [3.05, 3.63) is 35.4 Å². The molecule has 3 rings (SSSR count). The lowest BCUT2D eigenvalue weighted by Crippen LogP contribution is -2.49. The summed E-state index contributed by atoms with van der Waals surface area (Å²) in [7, 11) is 2.14. The number of nitrogens with one attached hydrogen (secondary N) is 1. The van der Waals surface area contributed by atoms with Crippen LogP contribution in [-0.2, 0) is 6.42 Å². The summed E-state index contributed by atoms with van der Waals surface area (Å²) in [6, 6.07) is 10.2. The first-order chi connectivity index (χ1) is 10.2. The van der Waals surface area contributed by atoms with E-state index in [2.05, 4.69) is 55.4 Å². The molecule has 1 aliphatic heterocycles. The van der Waals surface area contributed by atoms with E-state index in [1.807, 2.05) is 0 Å². The maximum atomic E-state index is 3.64. The van der Waals surface area contributed by atoms with Crippen molar-refractivity contribution in [2.24, 2.45) is 11.8 Å². The summed E-state index contributed by atoms with van der Waals surface area (Å²) >= 11 is 0. The van der Waals surface area contributed by atoms with Gasteiger partial charge in [0, 0.05) is 25.2 Å². The zero-order chi connectivity index (χ0) is 14.8. The molecule has 1 fully saturated rings. The van der Waals surface area contributed by atoms with Gasteiger partial charge in [-0.25, -0.2) is 0 Å². The predicted octanol–water partition coefficient (Wildman–Crippen LogP) is 3.63. The van der Waals surface area contributed by atoms with Crippen molar-refractivity contribution in [1.29, 1.82) is 0 Å². The third-order valence-electron chi connectivity index (χ3n) is 5.40. The molecular formula is C19H30N2. The maximum Gasteiger partial charge on any atom is 0.0478 e. The van der Waals surface area contributed by atoms with Crippen LogP contribution in [0.2, 0.25) is 0 Å². The van der Waals surface area contributed by atoms with Crippen molar-refractivity contribution in [1.82, 2.24) is 10.2 Å². The van der Waals surface area contributed by atoms with Crippen LogP contribution in [0.3, 0.4) is 0 Å². The Morgan fingerprint density at radius 2 is 1.81 bits per heavy atom. The molecule has 2 nitrogen and oxygen atoms in total. The molecule has 21 heavy (non-hydrogen) atoms. The van der Waals surface area contributed by atoms with Crippen LogP contribution in [0.4, 0.5) is 0 Å². The van der Waals surface area contributed by atoms with E-state index >= 15 is 0 Å². The Morgan fingerprint density at radius 1 is 1.10 bits per heavy atom. The van der Waals surface area contributed by atoms with E-state index in [0.29, 0.717) is 12.1 Å². The Morgan fingerprint density at radius 3 is 2.52 bits per heavy atom. The summed E-state index contributed by atoms with van der Waals surface area (Å²) in [5.41, 5.74) is 3.09. The molecular weight excluding hydrogens is 256 g/mol. The van der Waals surface area contributed by atoms with E-state index in [0.717, 1.165) is 11.8 Å². The highest BCUT2D eigenvalue weighted by molar-refractivity contribution is 5.32. The summed E-state index contributed by atoms with van der Waals surface area (Å²) in [4.78, 5) is 2.78. The van der Waals surface area contributed by atoms with Crippen LogP contribution in [0.15, 0.2) is 24.3 Å². The Balaban J connectivity index is 1.87.